The Morgan fingerprint density at radius 2 is 1.41 bits per heavy atom. The third-order valence-corrected chi connectivity index (χ3v) is 6.87. The van der Waals surface area contributed by atoms with Crippen LogP contribution in [0.1, 0.15) is 80.5 Å². The van der Waals surface area contributed by atoms with Crippen LogP contribution in [0.4, 0.5) is 0 Å². The van der Waals surface area contributed by atoms with E-state index in [-0.39, 0.29) is 0 Å². The van der Waals surface area contributed by atoms with Crippen LogP contribution in [-0.2, 0) is 19.3 Å². The highest BCUT2D eigenvalue weighted by Gasteiger charge is 2.12. The van der Waals surface area contributed by atoms with E-state index in [1.165, 1.54) is 73.6 Å². The van der Waals surface area contributed by atoms with Gasteiger partial charge in [0.2, 0.25) is 0 Å². The highest BCUT2D eigenvalue weighted by Crippen LogP contribution is 2.26. The Hall–Kier alpha value is -2.54. The van der Waals surface area contributed by atoms with Gasteiger partial charge in [0.15, 0.2) is 0 Å². The second-order valence-electron chi connectivity index (χ2n) is 9.84. The van der Waals surface area contributed by atoms with Crippen molar-refractivity contribution in [1.82, 2.24) is 0 Å². The van der Waals surface area contributed by atoms with Crippen molar-refractivity contribution >= 4 is 0 Å². The average Bonchev–Trinajstić information content (AvgIpc) is 2.87. The second kappa shape index (κ2) is 15.4. The number of unbranched alkanes of at least 4 members (excludes halogenated alkanes) is 4. The molecule has 0 N–H and O–H groups in total. The third-order valence-electron chi connectivity index (χ3n) is 6.87. The fourth-order valence-electron chi connectivity index (χ4n) is 4.73. The molecule has 1 heteroatoms. The van der Waals surface area contributed by atoms with E-state index in [9.17, 15) is 0 Å². The molecule has 0 saturated heterocycles. The van der Waals surface area contributed by atoms with Crippen LogP contribution in [0.15, 0.2) is 78.9 Å². The molecule has 3 rings (SSSR count). The van der Waals surface area contributed by atoms with E-state index in [1.54, 1.807) is 0 Å². The molecule has 3 aromatic carbocycles. The predicted molar refractivity (Wildman–Crippen MR) is 147 cm³/mol. The number of hydrogen-bond donors (Lipinski definition) is 0. The van der Waals surface area contributed by atoms with Gasteiger partial charge in [-0.1, -0.05) is 111 Å². The standard InChI is InChI=1S/C33H44O/c1-3-4-7-17-30(27-31-22-20-28(2)21-23-31)24-25-32-18-11-12-19-33(32)34-26-13-6-10-16-29-14-8-5-9-15-29/h5,8-9,11-12,14-15,18-23,30H,3-4,6-7,10,13,16-17,24-27H2,1-2H3. The molecule has 0 spiro atoms. The van der Waals surface area contributed by atoms with Crippen LogP contribution in [0.25, 0.3) is 0 Å². The number of benzene rings is 3. The summed E-state index contributed by atoms with van der Waals surface area (Å²) < 4.78 is 6.25. The number of ether oxygens (including phenoxy) is 1. The molecule has 1 unspecified atom stereocenters. The van der Waals surface area contributed by atoms with E-state index < -0.39 is 0 Å². The van der Waals surface area contributed by atoms with Crippen LogP contribution < -0.4 is 4.74 Å². The summed E-state index contributed by atoms with van der Waals surface area (Å²) in [7, 11) is 0. The first-order valence-electron chi connectivity index (χ1n) is 13.5. The van der Waals surface area contributed by atoms with Gasteiger partial charge in [0.1, 0.15) is 5.75 Å². The predicted octanol–water partition coefficient (Wildman–Crippen LogP) is 9.16. The lowest BCUT2D eigenvalue weighted by molar-refractivity contribution is 0.301. The van der Waals surface area contributed by atoms with Crippen molar-refractivity contribution in [3.05, 3.63) is 101 Å². The molecular formula is C33H44O. The van der Waals surface area contributed by atoms with Crippen molar-refractivity contribution < 1.29 is 4.74 Å². The topological polar surface area (TPSA) is 9.23 Å². The first kappa shape index (κ1) is 26.1. The van der Waals surface area contributed by atoms with Gasteiger partial charge in [-0.05, 0) is 80.5 Å². The van der Waals surface area contributed by atoms with E-state index in [4.69, 9.17) is 4.74 Å². The van der Waals surface area contributed by atoms with Crippen molar-refractivity contribution in [3.63, 3.8) is 0 Å². The maximum atomic E-state index is 6.25. The minimum absolute atomic E-state index is 0.736. The molecule has 182 valence electrons. The zero-order valence-electron chi connectivity index (χ0n) is 21.5. The van der Waals surface area contributed by atoms with Crippen molar-refractivity contribution in [3.8, 4) is 5.75 Å². The normalized spacial score (nSPS) is 11.9. The summed E-state index contributed by atoms with van der Waals surface area (Å²) in [6, 6.07) is 28.6. The molecule has 0 heterocycles. The fourth-order valence-corrected chi connectivity index (χ4v) is 4.73. The minimum atomic E-state index is 0.736. The van der Waals surface area contributed by atoms with Crippen LogP contribution in [0.3, 0.4) is 0 Å². The van der Waals surface area contributed by atoms with Crippen molar-refractivity contribution in [2.45, 2.75) is 84.5 Å². The first-order valence-corrected chi connectivity index (χ1v) is 13.5. The molecule has 1 atom stereocenters. The van der Waals surface area contributed by atoms with Crippen molar-refractivity contribution in [2.75, 3.05) is 6.61 Å². The quantitative estimate of drug-likeness (QED) is 0.195. The fraction of sp³-hybridized carbons (Fsp3) is 0.455. The Kier molecular flexibility index (Phi) is 11.8. The van der Waals surface area contributed by atoms with Gasteiger partial charge >= 0.3 is 0 Å². The maximum absolute atomic E-state index is 6.25. The molecule has 0 saturated carbocycles. The highest BCUT2D eigenvalue weighted by atomic mass is 16.5. The van der Waals surface area contributed by atoms with Crippen LogP contribution in [0.2, 0.25) is 0 Å². The molecule has 0 aromatic heterocycles. The number of para-hydroxylation sites is 1. The Bertz CT molecular complexity index is 913. The van der Waals surface area contributed by atoms with Gasteiger partial charge in [0.25, 0.3) is 0 Å². The maximum Gasteiger partial charge on any atom is 0.122 e. The molecule has 0 amide bonds. The van der Waals surface area contributed by atoms with E-state index in [1.807, 2.05) is 0 Å². The summed E-state index contributed by atoms with van der Waals surface area (Å²) in [5.41, 5.74) is 5.63. The Balaban J connectivity index is 1.45. The molecule has 3 aromatic rings. The second-order valence-corrected chi connectivity index (χ2v) is 9.84. The van der Waals surface area contributed by atoms with Gasteiger partial charge in [0, 0.05) is 0 Å². The average molecular weight is 457 g/mol. The van der Waals surface area contributed by atoms with Gasteiger partial charge in [-0.15, -0.1) is 0 Å². The van der Waals surface area contributed by atoms with Crippen LogP contribution >= 0.6 is 0 Å². The van der Waals surface area contributed by atoms with Gasteiger partial charge in [-0.2, -0.15) is 0 Å². The van der Waals surface area contributed by atoms with Crippen LogP contribution in [0.5, 0.6) is 5.75 Å². The van der Waals surface area contributed by atoms with Gasteiger partial charge in [-0.25, -0.2) is 0 Å². The smallest absolute Gasteiger partial charge is 0.122 e. The minimum Gasteiger partial charge on any atom is -0.493 e. The molecule has 0 aliphatic carbocycles. The molecule has 0 radical (unpaired) electrons. The van der Waals surface area contributed by atoms with Crippen molar-refractivity contribution in [1.29, 1.82) is 0 Å². The Morgan fingerprint density at radius 3 is 2.21 bits per heavy atom. The SMILES string of the molecule is CCCCCC(CCc1ccccc1OCCCCCc1ccccc1)Cc1ccc(C)cc1. The summed E-state index contributed by atoms with van der Waals surface area (Å²) in [4.78, 5) is 0. The Labute approximate surface area is 208 Å². The van der Waals surface area contributed by atoms with Gasteiger partial charge < -0.3 is 4.74 Å². The first-order chi connectivity index (χ1) is 16.7. The number of rotatable bonds is 16. The Morgan fingerprint density at radius 1 is 0.647 bits per heavy atom. The number of hydrogen-bond acceptors (Lipinski definition) is 1. The lowest BCUT2D eigenvalue weighted by Gasteiger charge is -2.18. The summed E-state index contributed by atoms with van der Waals surface area (Å²) >= 11 is 0. The molecule has 0 bridgehead atoms. The lowest BCUT2D eigenvalue weighted by atomic mass is 9.88. The van der Waals surface area contributed by atoms with Crippen LogP contribution in [-0.4, -0.2) is 6.61 Å². The van der Waals surface area contributed by atoms with E-state index in [0.29, 0.717) is 0 Å². The summed E-state index contributed by atoms with van der Waals surface area (Å²) in [6.07, 6.45) is 13.6. The molecule has 1 nitrogen and oxygen atoms in total. The number of aryl methyl sites for hydroxylation is 3. The van der Waals surface area contributed by atoms with Gasteiger partial charge in [0.05, 0.1) is 6.61 Å². The largest absolute Gasteiger partial charge is 0.493 e. The summed E-state index contributed by atoms with van der Waals surface area (Å²) in [5.74, 6) is 1.83. The molecule has 34 heavy (non-hydrogen) atoms. The third kappa shape index (κ3) is 9.75. The monoisotopic (exact) mass is 456 g/mol. The summed E-state index contributed by atoms with van der Waals surface area (Å²) in [5, 5.41) is 0. The molecule has 0 aliphatic rings. The molecule has 0 fully saturated rings. The van der Waals surface area contributed by atoms with Crippen molar-refractivity contribution in [2.24, 2.45) is 5.92 Å². The van der Waals surface area contributed by atoms with Crippen LogP contribution in [0, 0.1) is 12.8 Å². The summed E-state index contributed by atoms with van der Waals surface area (Å²) in [6.45, 7) is 5.28. The molecular weight excluding hydrogens is 412 g/mol. The van der Waals surface area contributed by atoms with Gasteiger partial charge in [-0.3, -0.25) is 0 Å². The lowest BCUT2D eigenvalue weighted by Crippen LogP contribution is -2.08. The van der Waals surface area contributed by atoms with E-state index in [0.717, 1.165) is 37.5 Å². The zero-order chi connectivity index (χ0) is 23.8. The van der Waals surface area contributed by atoms with E-state index >= 15 is 0 Å². The highest BCUT2D eigenvalue weighted by molar-refractivity contribution is 5.33. The zero-order valence-corrected chi connectivity index (χ0v) is 21.5. The van der Waals surface area contributed by atoms with E-state index in [2.05, 4.69) is 92.7 Å². The molecule has 0 aliphatic heterocycles.